The molecule has 26 heavy (non-hydrogen) atoms. The minimum atomic E-state index is -0.440. The molecule has 2 aromatic rings. The number of rotatable bonds is 8. The van der Waals surface area contributed by atoms with Crippen LogP contribution >= 0.6 is 22.9 Å². The van der Waals surface area contributed by atoms with E-state index < -0.39 is 5.97 Å². The monoisotopic (exact) mass is 394 g/mol. The number of hydrogen-bond donors (Lipinski definition) is 0. The number of halogens is 1. The number of nitrogens with zero attached hydrogens (tertiary/aromatic N) is 2. The number of ether oxygens (including phenoxy) is 1. The van der Waals surface area contributed by atoms with Crippen molar-refractivity contribution in [3.63, 3.8) is 0 Å². The normalized spacial score (nSPS) is 10.8. The second kappa shape index (κ2) is 9.69. The maximum Gasteiger partial charge on any atom is 0.357 e. The number of benzene rings is 1. The van der Waals surface area contributed by atoms with Gasteiger partial charge in [-0.3, -0.25) is 4.79 Å². The predicted octanol–water partition coefficient (Wildman–Crippen LogP) is 4.66. The van der Waals surface area contributed by atoms with Crippen molar-refractivity contribution in [2.45, 2.75) is 33.7 Å². The largest absolute Gasteiger partial charge is 0.461 e. The van der Waals surface area contributed by atoms with Crippen molar-refractivity contribution in [1.82, 2.24) is 9.88 Å². The van der Waals surface area contributed by atoms with Crippen LogP contribution in [0.5, 0.6) is 0 Å². The van der Waals surface area contributed by atoms with Crippen LogP contribution in [0.2, 0.25) is 5.02 Å². The van der Waals surface area contributed by atoms with Crippen LogP contribution in [0.1, 0.15) is 53.0 Å². The zero-order chi connectivity index (χ0) is 19.1. The Bertz CT molecular complexity index is 761. The van der Waals surface area contributed by atoms with Crippen molar-refractivity contribution < 1.29 is 14.3 Å². The van der Waals surface area contributed by atoms with Crippen LogP contribution in [0.3, 0.4) is 0 Å². The van der Waals surface area contributed by atoms with E-state index >= 15 is 0 Å². The number of carbonyl (C=O) groups excluding carboxylic acids is 2. The van der Waals surface area contributed by atoms with E-state index in [9.17, 15) is 9.59 Å². The highest BCUT2D eigenvalue weighted by Crippen LogP contribution is 2.18. The average molecular weight is 395 g/mol. The Morgan fingerprint density at radius 1 is 1.35 bits per heavy atom. The summed E-state index contributed by atoms with van der Waals surface area (Å²) in [7, 11) is 0. The van der Waals surface area contributed by atoms with Crippen molar-refractivity contribution in [2.75, 3.05) is 13.2 Å². The summed E-state index contributed by atoms with van der Waals surface area (Å²) >= 11 is 7.37. The van der Waals surface area contributed by atoms with E-state index in [0.29, 0.717) is 41.2 Å². The molecule has 2 rings (SSSR count). The summed E-state index contributed by atoms with van der Waals surface area (Å²) in [4.78, 5) is 30.8. The molecule has 0 spiro atoms. The first-order chi connectivity index (χ1) is 12.4. The smallest absolute Gasteiger partial charge is 0.357 e. The van der Waals surface area contributed by atoms with Crippen molar-refractivity contribution >= 4 is 34.8 Å². The predicted molar refractivity (Wildman–Crippen MR) is 104 cm³/mol. The standard InChI is InChI=1S/C19H23ClN2O3S/c1-4-25-19(24)16-12-26-17(21-16)11-22(9-8-13(2)3)18(23)14-6-5-7-15(20)10-14/h5-7,10,12-13H,4,8-9,11H2,1-3H3. The van der Waals surface area contributed by atoms with Crippen LogP contribution in [-0.2, 0) is 11.3 Å². The molecule has 1 aromatic carbocycles. The Morgan fingerprint density at radius 3 is 2.77 bits per heavy atom. The summed E-state index contributed by atoms with van der Waals surface area (Å²) in [6, 6.07) is 6.92. The molecule has 0 bridgehead atoms. The van der Waals surface area contributed by atoms with Gasteiger partial charge in [-0.05, 0) is 37.5 Å². The van der Waals surface area contributed by atoms with Gasteiger partial charge in [0.05, 0.1) is 13.2 Å². The van der Waals surface area contributed by atoms with E-state index in [0.717, 1.165) is 6.42 Å². The van der Waals surface area contributed by atoms with Crippen LogP contribution in [0.25, 0.3) is 0 Å². The van der Waals surface area contributed by atoms with Crippen LogP contribution in [0, 0.1) is 5.92 Å². The number of esters is 1. The fourth-order valence-corrected chi connectivity index (χ4v) is 3.28. The van der Waals surface area contributed by atoms with E-state index in [2.05, 4.69) is 18.8 Å². The highest BCUT2D eigenvalue weighted by molar-refractivity contribution is 7.09. The van der Waals surface area contributed by atoms with Crippen LogP contribution in [0.4, 0.5) is 0 Å². The van der Waals surface area contributed by atoms with Gasteiger partial charge in [-0.25, -0.2) is 9.78 Å². The Hall–Kier alpha value is -1.92. The lowest BCUT2D eigenvalue weighted by Crippen LogP contribution is -2.32. The van der Waals surface area contributed by atoms with E-state index in [-0.39, 0.29) is 11.6 Å². The third-order valence-electron chi connectivity index (χ3n) is 3.70. The van der Waals surface area contributed by atoms with E-state index in [1.165, 1.54) is 11.3 Å². The maximum absolute atomic E-state index is 12.9. The van der Waals surface area contributed by atoms with E-state index in [1.54, 1.807) is 41.5 Å². The van der Waals surface area contributed by atoms with Crippen molar-refractivity contribution in [3.05, 3.63) is 50.9 Å². The minimum absolute atomic E-state index is 0.0963. The molecule has 1 aromatic heterocycles. The van der Waals surface area contributed by atoms with Crippen molar-refractivity contribution in [2.24, 2.45) is 5.92 Å². The summed E-state index contributed by atoms with van der Waals surface area (Å²) in [6.45, 7) is 7.25. The third-order valence-corrected chi connectivity index (χ3v) is 4.77. The summed E-state index contributed by atoms with van der Waals surface area (Å²) < 4.78 is 4.97. The molecule has 0 aliphatic heterocycles. The summed E-state index contributed by atoms with van der Waals surface area (Å²) in [5.41, 5.74) is 0.828. The van der Waals surface area contributed by atoms with E-state index in [4.69, 9.17) is 16.3 Å². The minimum Gasteiger partial charge on any atom is -0.461 e. The Morgan fingerprint density at radius 2 is 2.12 bits per heavy atom. The molecule has 0 unspecified atom stereocenters. The maximum atomic E-state index is 12.9. The molecule has 7 heteroatoms. The lowest BCUT2D eigenvalue weighted by atomic mass is 10.1. The molecular formula is C19H23ClN2O3S. The lowest BCUT2D eigenvalue weighted by molar-refractivity contribution is 0.0520. The first-order valence-corrected chi connectivity index (χ1v) is 9.82. The molecule has 140 valence electrons. The third kappa shape index (κ3) is 5.81. The van der Waals surface area contributed by atoms with Gasteiger partial charge in [0.25, 0.3) is 5.91 Å². The Kier molecular flexibility index (Phi) is 7.60. The lowest BCUT2D eigenvalue weighted by Gasteiger charge is -2.23. The molecule has 0 N–H and O–H groups in total. The zero-order valence-corrected chi connectivity index (χ0v) is 16.8. The fraction of sp³-hybridized carbons (Fsp3) is 0.421. The number of aromatic nitrogens is 1. The van der Waals surface area contributed by atoms with Gasteiger partial charge < -0.3 is 9.64 Å². The average Bonchev–Trinajstić information content (AvgIpc) is 3.07. The number of amides is 1. The molecular weight excluding hydrogens is 372 g/mol. The number of hydrogen-bond acceptors (Lipinski definition) is 5. The van der Waals surface area contributed by atoms with Gasteiger partial charge in [-0.15, -0.1) is 11.3 Å². The van der Waals surface area contributed by atoms with Gasteiger partial charge >= 0.3 is 5.97 Å². The molecule has 1 amide bonds. The van der Waals surface area contributed by atoms with Gasteiger partial charge in [0.1, 0.15) is 5.01 Å². The topological polar surface area (TPSA) is 59.5 Å². The molecule has 5 nitrogen and oxygen atoms in total. The van der Waals surface area contributed by atoms with Crippen LogP contribution in [-0.4, -0.2) is 34.9 Å². The Balaban J connectivity index is 2.16. The summed E-state index contributed by atoms with van der Waals surface area (Å²) in [5.74, 6) is -0.0676. The van der Waals surface area contributed by atoms with Crippen LogP contribution in [0.15, 0.2) is 29.6 Å². The van der Waals surface area contributed by atoms with Gasteiger partial charge in [0.15, 0.2) is 5.69 Å². The quantitative estimate of drug-likeness (QED) is 0.611. The number of carbonyl (C=O) groups is 2. The first kappa shape index (κ1) is 20.4. The van der Waals surface area contributed by atoms with Crippen LogP contribution < -0.4 is 0 Å². The van der Waals surface area contributed by atoms with Gasteiger partial charge in [0, 0.05) is 22.5 Å². The molecule has 0 aliphatic rings. The molecule has 0 saturated heterocycles. The summed E-state index contributed by atoms with van der Waals surface area (Å²) in [6.07, 6.45) is 0.877. The van der Waals surface area contributed by atoms with Crippen molar-refractivity contribution in [3.8, 4) is 0 Å². The van der Waals surface area contributed by atoms with Gasteiger partial charge in [-0.1, -0.05) is 31.5 Å². The molecule has 0 saturated carbocycles. The fourth-order valence-electron chi connectivity index (χ4n) is 2.32. The van der Waals surface area contributed by atoms with Gasteiger partial charge in [0.2, 0.25) is 0 Å². The van der Waals surface area contributed by atoms with E-state index in [1.807, 2.05) is 0 Å². The second-order valence-electron chi connectivity index (χ2n) is 6.27. The SMILES string of the molecule is CCOC(=O)c1csc(CN(CCC(C)C)C(=O)c2cccc(Cl)c2)n1. The molecule has 0 aliphatic carbocycles. The number of thiazole rings is 1. The first-order valence-electron chi connectivity index (χ1n) is 8.57. The molecule has 1 heterocycles. The Labute approximate surface area is 162 Å². The van der Waals surface area contributed by atoms with Gasteiger partial charge in [-0.2, -0.15) is 0 Å². The highest BCUT2D eigenvalue weighted by Gasteiger charge is 2.19. The second-order valence-corrected chi connectivity index (χ2v) is 7.65. The molecule has 0 radical (unpaired) electrons. The molecule has 0 fully saturated rings. The van der Waals surface area contributed by atoms with Crippen molar-refractivity contribution in [1.29, 1.82) is 0 Å². The molecule has 0 atom stereocenters. The zero-order valence-electron chi connectivity index (χ0n) is 15.2. The highest BCUT2D eigenvalue weighted by atomic mass is 35.5. The summed E-state index contributed by atoms with van der Waals surface area (Å²) in [5, 5.41) is 2.89.